The monoisotopic (exact) mass is 310 g/mol. The number of rotatable bonds is 6. The first-order valence-corrected chi connectivity index (χ1v) is 7.88. The van der Waals surface area contributed by atoms with Gasteiger partial charge in [0.1, 0.15) is 5.70 Å². The highest BCUT2D eigenvalue weighted by atomic mass is 35.5. The predicted octanol–water partition coefficient (Wildman–Crippen LogP) is 2.08. The molecule has 0 saturated heterocycles. The SMILES string of the molecule is CCOC(=O)C1=C(CCN(C)C)C2=CC=CC(CCl)C2N1. The molecule has 1 N–H and O–H groups in total. The fraction of sp³-hybridized carbons (Fsp3) is 0.562. The Balaban J connectivity index is 2.28. The third kappa shape index (κ3) is 3.50. The van der Waals surface area contributed by atoms with Crippen molar-refractivity contribution in [3.63, 3.8) is 0 Å². The molecule has 21 heavy (non-hydrogen) atoms. The van der Waals surface area contributed by atoms with E-state index >= 15 is 0 Å². The molecule has 0 spiro atoms. The average Bonchev–Trinajstić information content (AvgIpc) is 2.83. The summed E-state index contributed by atoms with van der Waals surface area (Å²) in [5.41, 5.74) is 2.84. The van der Waals surface area contributed by atoms with Crippen LogP contribution in [0.4, 0.5) is 0 Å². The van der Waals surface area contributed by atoms with Gasteiger partial charge in [-0.2, -0.15) is 0 Å². The van der Waals surface area contributed by atoms with Crippen LogP contribution < -0.4 is 5.32 Å². The van der Waals surface area contributed by atoms with Gasteiger partial charge in [0, 0.05) is 18.3 Å². The fourth-order valence-electron chi connectivity index (χ4n) is 2.74. The van der Waals surface area contributed by atoms with Crippen LogP contribution in [0.2, 0.25) is 0 Å². The molecule has 2 aliphatic rings. The first-order chi connectivity index (χ1) is 10.1. The Morgan fingerprint density at radius 1 is 1.48 bits per heavy atom. The van der Waals surface area contributed by atoms with Gasteiger partial charge in [0.2, 0.25) is 0 Å². The fourth-order valence-corrected chi connectivity index (χ4v) is 3.02. The van der Waals surface area contributed by atoms with Gasteiger partial charge in [0.25, 0.3) is 0 Å². The molecule has 2 unspecified atom stereocenters. The molecule has 5 heteroatoms. The summed E-state index contributed by atoms with van der Waals surface area (Å²) in [5.74, 6) is 0.464. The molecule has 2 atom stereocenters. The number of fused-ring (bicyclic) bond motifs is 1. The van der Waals surface area contributed by atoms with Crippen molar-refractivity contribution < 1.29 is 9.53 Å². The quantitative estimate of drug-likeness (QED) is 0.602. The molecule has 0 aromatic rings. The Morgan fingerprint density at radius 3 is 2.86 bits per heavy atom. The number of halogens is 1. The minimum absolute atomic E-state index is 0.0871. The maximum Gasteiger partial charge on any atom is 0.354 e. The molecule has 0 amide bonds. The van der Waals surface area contributed by atoms with E-state index in [0.717, 1.165) is 18.5 Å². The van der Waals surface area contributed by atoms with Crippen molar-refractivity contribution in [2.24, 2.45) is 5.92 Å². The van der Waals surface area contributed by atoms with E-state index in [-0.39, 0.29) is 17.9 Å². The molecule has 0 aromatic carbocycles. The van der Waals surface area contributed by atoms with Gasteiger partial charge in [-0.15, -0.1) is 11.6 Å². The van der Waals surface area contributed by atoms with Gasteiger partial charge in [-0.05, 0) is 38.6 Å². The van der Waals surface area contributed by atoms with Gasteiger partial charge < -0.3 is 15.0 Å². The molecular formula is C16H23ClN2O2. The number of nitrogens with zero attached hydrogens (tertiary/aromatic N) is 1. The lowest BCUT2D eigenvalue weighted by Gasteiger charge is -2.24. The zero-order chi connectivity index (χ0) is 15.4. The minimum atomic E-state index is -0.269. The van der Waals surface area contributed by atoms with Crippen LogP contribution in [0.15, 0.2) is 35.1 Å². The Hall–Kier alpha value is -1.26. The Morgan fingerprint density at radius 2 is 2.24 bits per heavy atom. The summed E-state index contributed by atoms with van der Waals surface area (Å²) in [6, 6.07) is 0.0871. The molecule has 1 aliphatic heterocycles. The van der Waals surface area contributed by atoms with Crippen molar-refractivity contribution in [3.05, 3.63) is 35.1 Å². The summed E-state index contributed by atoms with van der Waals surface area (Å²) in [4.78, 5) is 14.3. The lowest BCUT2D eigenvalue weighted by Crippen LogP contribution is -2.35. The average molecular weight is 311 g/mol. The zero-order valence-electron chi connectivity index (χ0n) is 12.9. The van der Waals surface area contributed by atoms with Crippen LogP contribution in [0, 0.1) is 5.92 Å². The van der Waals surface area contributed by atoms with Crippen molar-refractivity contribution in [2.75, 3.05) is 33.1 Å². The van der Waals surface area contributed by atoms with E-state index in [4.69, 9.17) is 16.3 Å². The summed E-state index contributed by atoms with van der Waals surface area (Å²) in [6.07, 6.45) is 7.02. The van der Waals surface area contributed by atoms with E-state index < -0.39 is 0 Å². The number of carbonyl (C=O) groups is 1. The van der Waals surface area contributed by atoms with Gasteiger partial charge in [-0.3, -0.25) is 0 Å². The van der Waals surface area contributed by atoms with Crippen LogP contribution in [0.3, 0.4) is 0 Å². The smallest absolute Gasteiger partial charge is 0.354 e. The van der Waals surface area contributed by atoms with Crippen LogP contribution in [0.5, 0.6) is 0 Å². The number of hydrogen-bond acceptors (Lipinski definition) is 4. The highest BCUT2D eigenvalue weighted by Gasteiger charge is 2.37. The van der Waals surface area contributed by atoms with Crippen molar-refractivity contribution in [1.82, 2.24) is 10.2 Å². The highest BCUT2D eigenvalue weighted by Crippen LogP contribution is 2.35. The van der Waals surface area contributed by atoms with E-state index in [1.54, 1.807) is 0 Å². The standard InChI is InChI=1S/C16H23ClN2O2/c1-4-21-16(20)15-13(8-9-19(2)3)12-7-5-6-11(10-17)14(12)18-15/h5-7,11,14,18H,4,8-10H2,1-3H3. The number of nitrogens with one attached hydrogen (secondary N) is 1. The second-order valence-electron chi connectivity index (χ2n) is 5.57. The lowest BCUT2D eigenvalue weighted by molar-refractivity contribution is -0.139. The largest absolute Gasteiger partial charge is 0.461 e. The van der Waals surface area contributed by atoms with Crippen LogP contribution in [-0.2, 0) is 9.53 Å². The molecule has 1 heterocycles. The lowest BCUT2D eigenvalue weighted by atomic mass is 9.87. The zero-order valence-corrected chi connectivity index (χ0v) is 13.6. The second-order valence-corrected chi connectivity index (χ2v) is 5.88. The van der Waals surface area contributed by atoms with E-state index in [2.05, 4.69) is 22.4 Å². The Bertz CT molecular complexity index is 495. The molecule has 4 nitrogen and oxygen atoms in total. The van der Waals surface area contributed by atoms with E-state index in [1.807, 2.05) is 27.1 Å². The van der Waals surface area contributed by atoms with E-state index in [9.17, 15) is 4.79 Å². The number of hydrogen-bond donors (Lipinski definition) is 1. The molecule has 0 fully saturated rings. The van der Waals surface area contributed by atoms with Crippen molar-refractivity contribution in [2.45, 2.75) is 19.4 Å². The minimum Gasteiger partial charge on any atom is -0.461 e. The number of alkyl halides is 1. The number of carbonyl (C=O) groups excluding carboxylic acids is 1. The summed E-state index contributed by atoms with van der Waals surface area (Å²) in [6.45, 7) is 3.09. The van der Waals surface area contributed by atoms with Gasteiger partial charge in [0.05, 0.1) is 12.6 Å². The topological polar surface area (TPSA) is 41.6 Å². The summed E-state index contributed by atoms with van der Waals surface area (Å²) >= 11 is 6.05. The highest BCUT2D eigenvalue weighted by molar-refractivity contribution is 6.18. The number of esters is 1. The predicted molar refractivity (Wildman–Crippen MR) is 85.2 cm³/mol. The second kappa shape index (κ2) is 7.14. The summed E-state index contributed by atoms with van der Waals surface area (Å²) in [5, 5.41) is 3.33. The molecule has 0 aromatic heterocycles. The van der Waals surface area contributed by atoms with E-state index in [1.165, 1.54) is 5.57 Å². The number of ether oxygens (including phenoxy) is 1. The maximum absolute atomic E-state index is 12.2. The summed E-state index contributed by atoms with van der Waals surface area (Å²) < 4.78 is 5.18. The van der Waals surface area contributed by atoms with Crippen molar-refractivity contribution in [1.29, 1.82) is 0 Å². The van der Waals surface area contributed by atoms with Gasteiger partial charge >= 0.3 is 5.97 Å². The maximum atomic E-state index is 12.2. The van der Waals surface area contributed by atoms with Crippen LogP contribution in [-0.4, -0.2) is 50.0 Å². The van der Waals surface area contributed by atoms with Gasteiger partial charge in [-0.1, -0.05) is 18.2 Å². The number of allylic oxidation sites excluding steroid dienone is 2. The third-order valence-electron chi connectivity index (χ3n) is 3.81. The molecule has 2 rings (SSSR count). The Labute approximate surface area is 131 Å². The van der Waals surface area contributed by atoms with Gasteiger partial charge in [0.15, 0.2) is 0 Å². The van der Waals surface area contributed by atoms with Crippen molar-refractivity contribution in [3.8, 4) is 0 Å². The molecule has 0 bridgehead atoms. The van der Waals surface area contributed by atoms with Crippen LogP contribution in [0.1, 0.15) is 13.3 Å². The van der Waals surface area contributed by atoms with Crippen molar-refractivity contribution >= 4 is 17.6 Å². The summed E-state index contributed by atoms with van der Waals surface area (Å²) in [7, 11) is 4.06. The molecule has 116 valence electrons. The van der Waals surface area contributed by atoms with Crippen LogP contribution in [0.25, 0.3) is 0 Å². The Kier molecular flexibility index (Phi) is 5.48. The third-order valence-corrected chi connectivity index (χ3v) is 4.17. The molecule has 1 aliphatic carbocycles. The molecular weight excluding hydrogens is 288 g/mol. The van der Waals surface area contributed by atoms with Crippen LogP contribution >= 0.6 is 11.6 Å². The normalized spacial score (nSPS) is 24.0. The molecule has 0 radical (unpaired) electrons. The van der Waals surface area contributed by atoms with E-state index in [0.29, 0.717) is 18.2 Å². The first-order valence-electron chi connectivity index (χ1n) is 7.34. The van der Waals surface area contributed by atoms with Gasteiger partial charge in [-0.25, -0.2) is 4.79 Å². The first kappa shape index (κ1) is 16.1. The molecule has 0 saturated carbocycles.